The Hall–Kier alpha value is -2.42. The van der Waals surface area contributed by atoms with Gasteiger partial charge in [-0.15, -0.1) is 0 Å². The molecule has 0 radical (unpaired) electrons. The Labute approximate surface area is 207 Å². The second-order valence-electron chi connectivity index (χ2n) is 7.31. The van der Waals surface area contributed by atoms with E-state index in [9.17, 15) is 14.7 Å². The van der Waals surface area contributed by atoms with Crippen LogP contribution in [0.15, 0.2) is 41.4 Å². The Morgan fingerprint density at radius 1 is 1.27 bits per heavy atom. The number of carbonyl (C=O) groups excluding carboxylic acids is 2. The Kier molecular flexibility index (Phi) is 8.88. The van der Waals surface area contributed by atoms with Gasteiger partial charge in [0.2, 0.25) is 11.8 Å². The molecule has 1 aliphatic rings. The van der Waals surface area contributed by atoms with E-state index in [4.69, 9.17) is 27.9 Å². The molecule has 7 nitrogen and oxygen atoms in total. The van der Waals surface area contributed by atoms with Gasteiger partial charge < -0.3 is 15.2 Å². The predicted octanol–water partition coefficient (Wildman–Crippen LogP) is 5.86. The number of ether oxygens (including phenoxy) is 1. The number of carbonyl (C=O) groups is 2. The van der Waals surface area contributed by atoms with E-state index in [-0.39, 0.29) is 34.0 Å². The van der Waals surface area contributed by atoms with Crippen LogP contribution in [0.5, 0.6) is 11.5 Å². The summed E-state index contributed by atoms with van der Waals surface area (Å²) in [5.74, 6) is -0.0625. The quantitative estimate of drug-likeness (QED) is 0.464. The minimum absolute atomic E-state index is 0.0533. The van der Waals surface area contributed by atoms with Gasteiger partial charge in [0.05, 0.1) is 22.3 Å². The SMILES string of the molecule is CCCCN1C(=O)CC(C(=O)Nc2cccc(OCC)c2)SC1=Nc1cc(Cl)c(O)c(Cl)c1. The molecule has 1 unspecified atom stereocenters. The average Bonchev–Trinajstić information content (AvgIpc) is 2.77. The van der Waals surface area contributed by atoms with Gasteiger partial charge in [-0.05, 0) is 37.6 Å². The number of nitrogens with one attached hydrogen (secondary N) is 1. The van der Waals surface area contributed by atoms with E-state index in [1.165, 1.54) is 23.9 Å². The van der Waals surface area contributed by atoms with Crippen LogP contribution in [0.3, 0.4) is 0 Å². The van der Waals surface area contributed by atoms with Crippen molar-refractivity contribution in [3.05, 3.63) is 46.4 Å². The lowest BCUT2D eigenvalue weighted by Crippen LogP contribution is -2.45. The molecule has 0 aliphatic carbocycles. The highest BCUT2D eigenvalue weighted by molar-refractivity contribution is 8.15. The summed E-state index contributed by atoms with van der Waals surface area (Å²) >= 11 is 13.3. The van der Waals surface area contributed by atoms with Crippen LogP contribution in [0, 0.1) is 0 Å². The zero-order chi connectivity index (χ0) is 24.0. The number of unbranched alkanes of at least 4 members (excludes halogenated alkanes) is 1. The number of amidine groups is 1. The molecule has 0 aromatic heterocycles. The number of amides is 2. The second kappa shape index (κ2) is 11.6. The van der Waals surface area contributed by atoms with Crippen molar-refractivity contribution in [2.45, 2.75) is 38.4 Å². The van der Waals surface area contributed by atoms with Gasteiger partial charge in [-0.25, -0.2) is 4.99 Å². The summed E-state index contributed by atoms with van der Waals surface area (Å²) < 4.78 is 5.48. The van der Waals surface area contributed by atoms with Gasteiger partial charge in [-0.2, -0.15) is 0 Å². The molecule has 0 spiro atoms. The van der Waals surface area contributed by atoms with Crippen LogP contribution in [0.2, 0.25) is 10.0 Å². The third-order valence-corrected chi connectivity index (χ3v) is 6.57. The molecule has 33 heavy (non-hydrogen) atoms. The normalized spacial score (nSPS) is 17.3. The lowest BCUT2D eigenvalue weighted by atomic mass is 10.2. The highest BCUT2D eigenvalue weighted by atomic mass is 35.5. The lowest BCUT2D eigenvalue weighted by Gasteiger charge is -2.31. The number of aliphatic imine (C=N–C) groups is 1. The van der Waals surface area contributed by atoms with Crippen LogP contribution in [-0.4, -0.2) is 45.4 Å². The van der Waals surface area contributed by atoms with Crippen molar-refractivity contribution in [3.8, 4) is 11.5 Å². The van der Waals surface area contributed by atoms with Gasteiger partial charge >= 0.3 is 0 Å². The standard InChI is InChI=1S/C23H25Cl2N3O4S/c1-3-5-9-28-20(29)13-19(22(31)26-14-7-6-8-16(10-14)32-4-2)33-23(28)27-15-11-17(24)21(30)18(25)12-15/h6-8,10-12,19,30H,3-5,9,13H2,1-2H3,(H,26,31). The monoisotopic (exact) mass is 509 g/mol. The van der Waals surface area contributed by atoms with Crippen molar-refractivity contribution in [3.63, 3.8) is 0 Å². The molecular formula is C23H25Cl2N3O4S. The number of aromatic hydroxyl groups is 1. The Morgan fingerprint density at radius 3 is 2.67 bits per heavy atom. The van der Waals surface area contributed by atoms with Crippen molar-refractivity contribution in [2.75, 3.05) is 18.5 Å². The van der Waals surface area contributed by atoms with Gasteiger partial charge in [0.1, 0.15) is 11.0 Å². The van der Waals surface area contributed by atoms with E-state index >= 15 is 0 Å². The van der Waals surface area contributed by atoms with E-state index < -0.39 is 5.25 Å². The number of phenols is 1. The zero-order valence-electron chi connectivity index (χ0n) is 18.3. The first-order chi connectivity index (χ1) is 15.8. The van der Waals surface area contributed by atoms with Crippen molar-refractivity contribution in [1.29, 1.82) is 0 Å². The molecule has 1 saturated heterocycles. The maximum atomic E-state index is 13.0. The van der Waals surface area contributed by atoms with Crippen molar-refractivity contribution in [1.82, 2.24) is 4.90 Å². The molecule has 2 aromatic rings. The third kappa shape index (κ3) is 6.56. The summed E-state index contributed by atoms with van der Waals surface area (Å²) in [7, 11) is 0. The predicted molar refractivity (Wildman–Crippen MR) is 134 cm³/mol. The minimum Gasteiger partial charge on any atom is -0.505 e. The number of nitrogens with zero attached hydrogens (tertiary/aromatic N) is 2. The maximum Gasteiger partial charge on any atom is 0.238 e. The lowest BCUT2D eigenvalue weighted by molar-refractivity contribution is -0.129. The summed E-state index contributed by atoms with van der Waals surface area (Å²) in [4.78, 5) is 32.0. The number of phenolic OH excluding ortho intramolecular Hbond substituents is 1. The number of benzene rings is 2. The molecule has 1 heterocycles. The molecule has 0 bridgehead atoms. The van der Waals surface area contributed by atoms with Gasteiger partial charge in [-0.1, -0.05) is 54.4 Å². The first-order valence-electron chi connectivity index (χ1n) is 10.6. The molecule has 3 rings (SSSR count). The molecular weight excluding hydrogens is 485 g/mol. The van der Waals surface area contributed by atoms with Crippen LogP contribution < -0.4 is 10.1 Å². The highest BCUT2D eigenvalue weighted by Crippen LogP contribution is 2.37. The number of hydrogen-bond acceptors (Lipinski definition) is 6. The van der Waals surface area contributed by atoms with Gasteiger partial charge in [0.15, 0.2) is 10.9 Å². The summed E-state index contributed by atoms with van der Waals surface area (Å²) in [6.07, 6.45) is 1.75. The fraction of sp³-hybridized carbons (Fsp3) is 0.348. The average molecular weight is 510 g/mol. The highest BCUT2D eigenvalue weighted by Gasteiger charge is 2.35. The van der Waals surface area contributed by atoms with Crippen molar-refractivity contribution >= 4 is 63.3 Å². The number of thioether (sulfide) groups is 1. The molecule has 2 aromatic carbocycles. The molecule has 1 fully saturated rings. The van der Waals surface area contributed by atoms with Gasteiger partial charge in [0.25, 0.3) is 0 Å². The van der Waals surface area contributed by atoms with E-state index in [2.05, 4.69) is 10.3 Å². The zero-order valence-corrected chi connectivity index (χ0v) is 20.6. The summed E-state index contributed by atoms with van der Waals surface area (Å²) in [6, 6.07) is 10.0. The van der Waals surface area contributed by atoms with Crippen LogP contribution in [0.1, 0.15) is 33.1 Å². The third-order valence-electron chi connectivity index (χ3n) is 4.81. The van der Waals surface area contributed by atoms with Crippen molar-refractivity contribution in [2.24, 2.45) is 4.99 Å². The van der Waals surface area contributed by atoms with E-state index in [1.54, 1.807) is 23.1 Å². The second-order valence-corrected chi connectivity index (χ2v) is 9.30. The fourth-order valence-electron chi connectivity index (χ4n) is 3.16. The Bertz CT molecular complexity index is 1040. The number of rotatable bonds is 8. The van der Waals surface area contributed by atoms with Gasteiger partial charge in [-0.3, -0.25) is 14.5 Å². The number of hydrogen-bond donors (Lipinski definition) is 2. The first kappa shape index (κ1) is 25.2. The van der Waals surface area contributed by atoms with Crippen LogP contribution in [-0.2, 0) is 9.59 Å². The first-order valence-corrected chi connectivity index (χ1v) is 12.2. The molecule has 2 N–H and O–H groups in total. The van der Waals surface area contributed by atoms with Crippen molar-refractivity contribution < 1.29 is 19.4 Å². The largest absolute Gasteiger partial charge is 0.505 e. The van der Waals surface area contributed by atoms with Crippen LogP contribution >= 0.6 is 35.0 Å². The molecule has 10 heteroatoms. The summed E-state index contributed by atoms with van der Waals surface area (Å²) in [6.45, 7) is 4.92. The maximum absolute atomic E-state index is 13.0. The van der Waals surface area contributed by atoms with Crippen LogP contribution in [0.4, 0.5) is 11.4 Å². The smallest absolute Gasteiger partial charge is 0.238 e. The molecule has 2 amide bonds. The number of halogens is 2. The molecule has 176 valence electrons. The number of anilines is 1. The summed E-state index contributed by atoms with van der Waals surface area (Å²) in [5, 5.41) is 12.5. The van der Waals surface area contributed by atoms with E-state index in [0.717, 1.165) is 12.8 Å². The van der Waals surface area contributed by atoms with Gasteiger partial charge in [0, 0.05) is 24.7 Å². The topological polar surface area (TPSA) is 91.2 Å². The molecule has 1 atom stereocenters. The molecule has 0 saturated carbocycles. The minimum atomic E-state index is -0.659. The van der Waals surface area contributed by atoms with E-state index in [1.807, 2.05) is 19.9 Å². The molecule has 1 aliphatic heterocycles. The Balaban J connectivity index is 1.85. The van der Waals surface area contributed by atoms with Crippen LogP contribution in [0.25, 0.3) is 0 Å². The Morgan fingerprint density at radius 2 is 2.00 bits per heavy atom. The summed E-state index contributed by atoms with van der Waals surface area (Å²) in [5.41, 5.74) is 0.966. The fourth-order valence-corrected chi connectivity index (χ4v) is 4.76. The van der Waals surface area contributed by atoms with E-state index in [0.29, 0.717) is 35.4 Å².